The summed E-state index contributed by atoms with van der Waals surface area (Å²) >= 11 is 0. The van der Waals surface area contributed by atoms with Crippen molar-refractivity contribution in [3.8, 4) is 34.1 Å². The molecule has 0 unspecified atom stereocenters. The molecule has 176 valence electrons. The van der Waals surface area contributed by atoms with E-state index in [4.69, 9.17) is 23.4 Å². The first kappa shape index (κ1) is 22.4. The van der Waals surface area contributed by atoms with Crippen LogP contribution in [0.2, 0.25) is 0 Å². The smallest absolute Gasteiger partial charge is 0.141 e. The minimum Gasteiger partial charge on any atom is -0.496 e. The van der Waals surface area contributed by atoms with Crippen molar-refractivity contribution in [3.63, 3.8) is 0 Å². The van der Waals surface area contributed by atoms with Crippen LogP contribution in [0.15, 0.2) is 102 Å². The number of fused-ring (bicyclic) bond motifs is 1. The standard InChI is InChI=1S/C30H26O5/c1-31-24-16-28(32-2)30-27(20-35-29(30)17-24)23-13-25(33-18-21-9-5-3-6-10-21)15-26(14-23)34-19-22-11-7-4-8-12-22/h3-17,20H,18-19H2,1-2H3. The summed E-state index contributed by atoms with van der Waals surface area (Å²) in [7, 11) is 3.26. The van der Waals surface area contributed by atoms with Gasteiger partial charge in [-0.2, -0.15) is 0 Å². The highest BCUT2D eigenvalue weighted by atomic mass is 16.5. The Labute approximate surface area is 204 Å². The van der Waals surface area contributed by atoms with E-state index in [9.17, 15) is 0 Å². The maximum Gasteiger partial charge on any atom is 0.141 e. The molecule has 0 aliphatic rings. The number of hydrogen-bond donors (Lipinski definition) is 0. The van der Waals surface area contributed by atoms with Crippen molar-refractivity contribution in [2.24, 2.45) is 0 Å². The molecular formula is C30H26O5. The van der Waals surface area contributed by atoms with Crippen molar-refractivity contribution in [2.45, 2.75) is 13.2 Å². The first-order valence-electron chi connectivity index (χ1n) is 11.4. The van der Waals surface area contributed by atoms with Gasteiger partial charge in [-0.3, -0.25) is 0 Å². The molecule has 0 saturated heterocycles. The van der Waals surface area contributed by atoms with Crippen molar-refractivity contribution in [1.82, 2.24) is 0 Å². The van der Waals surface area contributed by atoms with E-state index in [1.54, 1.807) is 20.5 Å². The van der Waals surface area contributed by atoms with E-state index in [1.165, 1.54) is 0 Å². The van der Waals surface area contributed by atoms with Gasteiger partial charge in [0.05, 0.1) is 25.9 Å². The van der Waals surface area contributed by atoms with Crippen LogP contribution in [0.25, 0.3) is 22.1 Å². The number of ether oxygens (including phenoxy) is 4. The van der Waals surface area contributed by atoms with Gasteiger partial charge in [0.2, 0.25) is 0 Å². The number of benzene rings is 4. The summed E-state index contributed by atoms with van der Waals surface area (Å²) in [5.41, 5.74) is 4.65. The van der Waals surface area contributed by atoms with Crippen molar-refractivity contribution in [2.75, 3.05) is 14.2 Å². The predicted molar refractivity (Wildman–Crippen MR) is 136 cm³/mol. The summed E-state index contributed by atoms with van der Waals surface area (Å²) in [6, 6.07) is 29.8. The average molecular weight is 467 g/mol. The molecule has 0 N–H and O–H groups in total. The molecule has 0 bridgehead atoms. The van der Waals surface area contributed by atoms with Gasteiger partial charge in [0.25, 0.3) is 0 Å². The van der Waals surface area contributed by atoms with Gasteiger partial charge in [0.15, 0.2) is 0 Å². The van der Waals surface area contributed by atoms with Crippen LogP contribution < -0.4 is 18.9 Å². The zero-order valence-electron chi connectivity index (χ0n) is 19.7. The molecule has 4 aromatic carbocycles. The number of methoxy groups -OCH3 is 2. The highest BCUT2D eigenvalue weighted by molar-refractivity contribution is 5.99. The second-order valence-electron chi connectivity index (χ2n) is 8.09. The average Bonchev–Trinajstić information content (AvgIpc) is 3.35. The van der Waals surface area contributed by atoms with Crippen LogP contribution in [0.1, 0.15) is 11.1 Å². The molecule has 5 heteroatoms. The first-order valence-corrected chi connectivity index (χ1v) is 11.4. The van der Waals surface area contributed by atoms with E-state index in [1.807, 2.05) is 91.0 Å². The van der Waals surface area contributed by atoms with Gasteiger partial charge >= 0.3 is 0 Å². The molecule has 1 heterocycles. The van der Waals surface area contributed by atoms with Crippen LogP contribution in [0.5, 0.6) is 23.0 Å². The van der Waals surface area contributed by atoms with Crippen LogP contribution in [0.4, 0.5) is 0 Å². The van der Waals surface area contributed by atoms with Gasteiger partial charge in [0, 0.05) is 23.8 Å². The Balaban J connectivity index is 1.52. The second-order valence-corrected chi connectivity index (χ2v) is 8.09. The number of rotatable bonds is 9. The van der Waals surface area contributed by atoms with Gasteiger partial charge in [-0.25, -0.2) is 0 Å². The summed E-state index contributed by atoms with van der Waals surface area (Å²) in [6.45, 7) is 0.907. The maximum atomic E-state index is 6.17. The van der Waals surface area contributed by atoms with E-state index in [-0.39, 0.29) is 0 Å². The molecule has 0 atom stereocenters. The molecule has 0 radical (unpaired) electrons. The Kier molecular flexibility index (Phi) is 6.57. The van der Waals surface area contributed by atoms with Gasteiger partial charge in [-0.15, -0.1) is 0 Å². The third-order valence-corrected chi connectivity index (χ3v) is 5.76. The van der Waals surface area contributed by atoms with E-state index in [2.05, 4.69) is 0 Å². The fourth-order valence-electron chi connectivity index (χ4n) is 3.97. The lowest BCUT2D eigenvalue weighted by molar-refractivity contribution is 0.290. The Morgan fingerprint density at radius 3 is 1.77 bits per heavy atom. The second kappa shape index (κ2) is 10.3. The lowest BCUT2D eigenvalue weighted by Crippen LogP contribution is -1.98. The zero-order chi connectivity index (χ0) is 24.0. The Morgan fingerprint density at radius 1 is 0.629 bits per heavy atom. The monoisotopic (exact) mass is 466 g/mol. The van der Waals surface area contributed by atoms with Gasteiger partial charge in [0.1, 0.15) is 41.8 Å². The van der Waals surface area contributed by atoms with Gasteiger partial charge in [-0.1, -0.05) is 60.7 Å². The third-order valence-electron chi connectivity index (χ3n) is 5.76. The summed E-state index contributed by atoms with van der Waals surface area (Å²) in [6.07, 6.45) is 1.73. The maximum absolute atomic E-state index is 6.17. The summed E-state index contributed by atoms with van der Waals surface area (Å²) in [5.74, 6) is 2.75. The van der Waals surface area contributed by atoms with Crippen LogP contribution in [0.3, 0.4) is 0 Å². The molecule has 0 aliphatic carbocycles. The van der Waals surface area contributed by atoms with E-state index in [0.29, 0.717) is 41.8 Å². The quantitative estimate of drug-likeness (QED) is 0.229. The molecular weight excluding hydrogens is 440 g/mol. The molecule has 0 aliphatic heterocycles. The van der Waals surface area contributed by atoms with Crippen molar-refractivity contribution >= 4 is 11.0 Å². The zero-order valence-corrected chi connectivity index (χ0v) is 19.7. The Bertz CT molecular complexity index is 1350. The molecule has 0 amide bonds. The summed E-state index contributed by atoms with van der Waals surface area (Å²) in [5, 5.41) is 0.863. The molecule has 1 aromatic heterocycles. The molecule has 35 heavy (non-hydrogen) atoms. The minimum atomic E-state index is 0.453. The minimum absolute atomic E-state index is 0.453. The van der Waals surface area contributed by atoms with Crippen LogP contribution >= 0.6 is 0 Å². The fraction of sp³-hybridized carbons (Fsp3) is 0.133. The summed E-state index contributed by atoms with van der Waals surface area (Å²) in [4.78, 5) is 0. The first-order chi connectivity index (χ1) is 17.2. The van der Waals surface area contributed by atoms with Crippen LogP contribution in [0, 0.1) is 0 Å². The number of hydrogen-bond acceptors (Lipinski definition) is 5. The molecule has 0 spiro atoms. The van der Waals surface area contributed by atoms with Gasteiger partial charge < -0.3 is 23.4 Å². The molecule has 0 fully saturated rings. The molecule has 0 saturated carbocycles. The largest absolute Gasteiger partial charge is 0.496 e. The highest BCUT2D eigenvalue weighted by Gasteiger charge is 2.17. The topological polar surface area (TPSA) is 50.1 Å². The van der Waals surface area contributed by atoms with E-state index >= 15 is 0 Å². The fourth-order valence-corrected chi connectivity index (χ4v) is 3.97. The number of furan rings is 1. The van der Waals surface area contributed by atoms with Crippen LogP contribution in [-0.4, -0.2) is 14.2 Å². The molecule has 5 rings (SSSR count). The third kappa shape index (κ3) is 5.09. The molecule has 5 nitrogen and oxygen atoms in total. The Hall–Kier alpha value is -4.38. The summed E-state index contributed by atoms with van der Waals surface area (Å²) < 4.78 is 29.3. The SMILES string of the molecule is COc1cc(OC)c2c(-c3cc(OCc4ccccc4)cc(OCc4ccccc4)c3)coc2c1. The van der Waals surface area contributed by atoms with E-state index < -0.39 is 0 Å². The van der Waals surface area contributed by atoms with Crippen molar-refractivity contribution < 1.29 is 23.4 Å². The van der Waals surface area contributed by atoms with Crippen LogP contribution in [-0.2, 0) is 13.2 Å². The van der Waals surface area contributed by atoms with Crippen molar-refractivity contribution in [1.29, 1.82) is 0 Å². The predicted octanol–water partition coefficient (Wildman–Crippen LogP) is 7.28. The molecule has 5 aromatic rings. The lowest BCUT2D eigenvalue weighted by atomic mass is 10.0. The van der Waals surface area contributed by atoms with Gasteiger partial charge in [-0.05, 0) is 28.8 Å². The van der Waals surface area contributed by atoms with Crippen molar-refractivity contribution in [3.05, 3.63) is 108 Å². The highest BCUT2D eigenvalue weighted by Crippen LogP contribution is 2.41. The normalized spacial score (nSPS) is 10.8. The Morgan fingerprint density at radius 2 is 1.23 bits per heavy atom. The van der Waals surface area contributed by atoms with E-state index in [0.717, 1.165) is 27.6 Å². The lowest BCUT2D eigenvalue weighted by Gasteiger charge is -2.13.